The SMILES string of the molecule is CCOCCOc1cc2c(cc1Cl)-c1c(cc(C(=O)OC(C)C)c(=O)n1C1CC1)C(C)S2(=O)=O. The zero-order valence-electron chi connectivity index (χ0n) is 19.6. The number of sulfone groups is 1. The van der Waals surface area contributed by atoms with E-state index in [-0.39, 0.29) is 33.9 Å². The van der Waals surface area contributed by atoms with Crippen LogP contribution in [-0.4, -0.2) is 44.9 Å². The molecule has 2 aliphatic rings. The van der Waals surface area contributed by atoms with Gasteiger partial charge in [0.25, 0.3) is 5.56 Å². The first-order valence-electron chi connectivity index (χ1n) is 11.4. The zero-order valence-corrected chi connectivity index (χ0v) is 21.2. The van der Waals surface area contributed by atoms with E-state index in [9.17, 15) is 18.0 Å². The van der Waals surface area contributed by atoms with Crippen molar-refractivity contribution in [2.75, 3.05) is 19.8 Å². The van der Waals surface area contributed by atoms with E-state index in [0.717, 1.165) is 12.8 Å². The third kappa shape index (κ3) is 4.36. The van der Waals surface area contributed by atoms with Crippen molar-refractivity contribution < 1.29 is 27.4 Å². The Balaban J connectivity index is 1.92. The average Bonchev–Trinajstić information content (AvgIpc) is 3.60. The molecule has 0 spiro atoms. The van der Waals surface area contributed by atoms with Gasteiger partial charge in [0, 0.05) is 24.3 Å². The van der Waals surface area contributed by atoms with Crippen molar-refractivity contribution in [2.45, 2.75) is 62.8 Å². The number of nitrogens with zero attached hydrogens (tertiary/aromatic N) is 1. The molecule has 0 radical (unpaired) electrons. The summed E-state index contributed by atoms with van der Waals surface area (Å²) in [5.41, 5.74) is 0.553. The van der Waals surface area contributed by atoms with Gasteiger partial charge in [0.05, 0.1) is 33.6 Å². The quantitative estimate of drug-likeness (QED) is 0.385. The molecule has 8 nitrogen and oxygen atoms in total. The molecular formula is C24H28ClNO7S. The number of esters is 1. The second-order valence-electron chi connectivity index (χ2n) is 8.73. The van der Waals surface area contributed by atoms with Crippen molar-refractivity contribution >= 4 is 27.4 Å². The highest BCUT2D eigenvalue weighted by molar-refractivity contribution is 7.92. The van der Waals surface area contributed by atoms with Gasteiger partial charge in [0.2, 0.25) is 0 Å². The van der Waals surface area contributed by atoms with Gasteiger partial charge in [-0.05, 0) is 58.2 Å². The summed E-state index contributed by atoms with van der Waals surface area (Å²) >= 11 is 6.47. The van der Waals surface area contributed by atoms with Gasteiger partial charge in [-0.25, -0.2) is 13.2 Å². The van der Waals surface area contributed by atoms with Crippen LogP contribution in [0.5, 0.6) is 5.75 Å². The molecule has 10 heteroatoms. The monoisotopic (exact) mass is 509 g/mol. The van der Waals surface area contributed by atoms with E-state index in [1.165, 1.54) is 18.2 Å². The number of aromatic nitrogens is 1. The van der Waals surface area contributed by atoms with Crippen molar-refractivity contribution in [2.24, 2.45) is 0 Å². The lowest BCUT2D eigenvalue weighted by molar-refractivity contribution is 0.0375. The summed E-state index contributed by atoms with van der Waals surface area (Å²) in [7, 11) is -3.85. The summed E-state index contributed by atoms with van der Waals surface area (Å²) in [6.45, 7) is 7.89. The fourth-order valence-corrected chi connectivity index (χ4v) is 5.98. The Kier molecular flexibility index (Phi) is 6.81. The molecule has 1 aromatic heterocycles. The number of ether oxygens (including phenoxy) is 3. The first-order valence-corrected chi connectivity index (χ1v) is 13.3. The molecule has 0 bridgehead atoms. The molecule has 1 aliphatic carbocycles. The highest BCUT2D eigenvalue weighted by Gasteiger charge is 2.41. The van der Waals surface area contributed by atoms with Crippen LogP contribution in [-0.2, 0) is 19.3 Å². The van der Waals surface area contributed by atoms with Crippen LogP contribution < -0.4 is 10.3 Å². The molecule has 1 atom stereocenters. The van der Waals surface area contributed by atoms with Crippen molar-refractivity contribution in [3.05, 3.63) is 44.7 Å². The number of fused-ring (bicyclic) bond motifs is 3. The Labute approximate surface area is 203 Å². The molecule has 4 rings (SSSR count). The van der Waals surface area contributed by atoms with Gasteiger partial charge in [-0.1, -0.05) is 11.6 Å². The summed E-state index contributed by atoms with van der Waals surface area (Å²) in [6, 6.07) is 4.20. The van der Waals surface area contributed by atoms with E-state index < -0.39 is 32.7 Å². The van der Waals surface area contributed by atoms with E-state index in [1.54, 1.807) is 25.3 Å². The summed E-state index contributed by atoms with van der Waals surface area (Å²) in [5, 5.41) is -0.757. The van der Waals surface area contributed by atoms with Gasteiger partial charge >= 0.3 is 5.97 Å². The normalized spacial score (nSPS) is 18.4. The highest BCUT2D eigenvalue weighted by atomic mass is 35.5. The molecule has 1 aromatic carbocycles. The molecule has 1 aliphatic heterocycles. The number of benzene rings is 1. The average molecular weight is 510 g/mol. The maximum atomic E-state index is 13.5. The second kappa shape index (κ2) is 9.36. The predicted octanol–water partition coefficient (Wildman–Crippen LogP) is 4.33. The third-order valence-corrected chi connectivity index (χ3v) is 8.36. The molecule has 1 saturated carbocycles. The van der Waals surface area contributed by atoms with Crippen LogP contribution in [0.2, 0.25) is 5.02 Å². The van der Waals surface area contributed by atoms with Crippen LogP contribution in [0, 0.1) is 0 Å². The second-order valence-corrected chi connectivity index (χ2v) is 11.4. The Morgan fingerprint density at radius 2 is 1.91 bits per heavy atom. The molecule has 1 unspecified atom stereocenters. The molecule has 0 saturated heterocycles. The number of carbonyl (C=O) groups is 1. The van der Waals surface area contributed by atoms with Crippen LogP contribution in [0.4, 0.5) is 0 Å². The lowest BCUT2D eigenvalue weighted by Crippen LogP contribution is -2.33. The van der Waals surface area contributed by atoms with Gasteiger partial charge in [-0.2, -0.15) is 0 Å². The van der Waals surface area contributed by atoms with Crippen molar-refractivity contribution in [3.8, 4) is 17.0 Å². The molecule has 184 valence electrons. The van der Waals surface area contributed by atoms with Gasteiger partial charge in [-0.15, -0.1) is 0 Å². The standard InChI is InChI=1S/C24H28ClNO7S/c1-5-31-8-9-32-20-12-21-17(11-19(20)25)22-16(14(4)34(21,29)30)10-18(24(28)33-13(2)3)23(27)26(22)15-6-7-15/h10-15H,5-9H2,1-4H3. The maximum Gasteiger partial charge on any atom is 0.344 e. The Morgan fingerprint density at radius 1 is 1.21 bits per heavy atom. The molecular weight excluding hydrogens is 482 g/mol. The van der Waals surface area contributed by atoms with Crippen LogP contribution in [0.3, 0.4) is 0 Å². The summed E-state index contributed by atoms with van der Waals surface area (Å²) in [6.07, 6.45) is 1.11. The molecule has 2 aromatic rings. The molecule has 2 heterocycles. The summed E-state index contributed by atoms with van der Waals surface area (Å²) < 4.78 is 44.8. The Bertz CT molecular complexity index is 1300. The lowest BCUT2D eigenvalue weighted by atomic mass is 9.99. The number of carbonyl (C=O) groups excluding carboxylic acids is 1. The minimum absolute atomic E-state index is 0.0506. The first-order chi connectivity index (χ1) is 16.1. The Hall–Kier alpha value is -2.36. The fourth-order valence-electron chi connectivity index (χ4n) is 4.13. The third-order valence-electron chi connectivity index (χ3n) is 5.93. The lowest BCUT2D eigenvalue weighted by Gasteiger charge is -2.29. The largest absolute Gasteiger partial charge is 0.490 e. The van der Waals surface area contributed by atoms with Gasteiger partial charge in [-0.3, -0.25) is 4.79 Å². The van der Waals surface area contributed by atoms with Crippen LogP contribution >= 0.6 is 11.6 Å². The highest BCUT2D eigenvalue weighted by Crippen LogP contribution is 2.49. The van der Waals surface area contributed by atoms with E-state index in [4.69, 9.17) is 25.8 Å². The molecule has 1 fully saturated rings. The van der Waals surface area contributed by atoms with E-state index in [0.29, 0.717) is 30.0 Å². The van der Waals surface area contributed by atoms with E-state index in [2.05, 4.69) is 0 Å². The number of halogens is 1. The molecule has 0 amide bonds. The molecule has 0 N–H and O–H groups in total. The van der Waals surface area contributed by atoms with Crippen molar-refractivity contribution in [1.82, 2.24) is 4.57 Å². The minimum atomic E-state index is -3.85. The zero-order chi connectivity index (χ0) is 24.8. The van der Waals surface area contributed by atoms with Crippen LogP contribution in [0.25, 0.3) is 11.3 Å². The fraction of sp³-hybridized carbons (Fsp3) is 0.500. The summed E-state index contributed by atoms with van der Waals surface area (Å²) in [5.74, 6) is -0.527. The number of pyridine rings is 1. The first kappa shape index (κ1) is 24.8. The smallest absolute Gasteiger partial charge is 0.344 e. The van der Waals surface area contributed by atoms with Gasteiger partial charge < -0.3 is 18.8 Å². The van der Waals surface area contributed by atoms with E-state index in [1.807, 2.05) is 6.92 Å². The van der Waals surface area contributed by atoms with Crippen molar-refractivity contribution in [1.29, 1.82) is 0 Å². The van der Waals surface area contributed by atoms with Crippen molar-refractivity contribution in [3.63, 3.8) is 0 Å². The van der Waals surface area contributed by atoms with Gasteiger partial charge in [0.15, 0.2) is 9.84 Å². The summed E-state index contributed by atoms with van der Waals surface area (Å²) in [4.78, 5) is 26.2. The van der Waals surface area contributed by atoms with Crippen LogP contribution in [0.15, 0.2) is 27.9 Å². The topological polar surface area (TPSA) is 101 Å². The van der Waals surface area contributed by atoms with E-state index >= 15 is 0 Å². The minimum Gasteiger partial charge on any atom is -0.490 e. The maximum absolute atomic E-state index is 13.5. The van der Waals surface area contributed by atoms with Gasteiger partial charge in [0.1, 0.15) is 17.9 Å². The number of rotatable bonds is 8. The predicted molar refractivity (Wildman–Crippen MR) is 128 cm³/mol. The number of hydrogen-bond donors (Lipinski definition) is 0. The van der Waals surface area contributed by atoms with Crippen LogP contribution in [0.1, 0.15) is 67.7 Å². The number of hydrogen-bond acceptors (Lipinski definition) is 7. The Morgan fingerprint density at radius 3 is 2.53 bits per heavy atom. The molecule has 34 heavy (non-hydrogen) atoms.